The highest BCUT2D eigenvalue weighted by Gasteiger charge is 2.18. The van der Waals surface area contributed by atoms with Crippen LogP contribution in [0.1, 0.15) is 34.3 Å². The average Bonchev–Trinajstić information content (AvgIpc) is 2.64. The third kappa shape index (κ3) is 2.31. The highest BCUT2D eigenvalue weighted by Crippen LogP contribution is 2.28. The van der Waals surface area contributed by atoms with Gasteiger partial charge in [0.05, 0.1) is 6.04 Å². The Morgan fingerprint density at radius 2 is 1.89 bits per heavy atom. The zero-order valence-corrected chi connectivity index (χ0v) is 11.2. The Kier molecular flexibility index (Phi) is 3.53. The minimum Gasteiger partial charge on any atom is -0.466 e. The number of nitrogens with one attached hydrogen (secondary N) is 1. The molecule has 0 saturated carbocycles. The zero-order valence-electron chi connectivity index (χ0n) is 11.2. The van der Waals surface area contributed by atoms with Crippen molar-refractivity contribution in [1.29, 1.82) is 0 Å². The van der Waals surface area contributed by atoms with Gasteiger partial charge in [-0.05, 0) is 51.1 Å². The summed E-state index contributed by atoms with van der Waals surface area (Å²) < 4.78 is 18.9. The molecule has 0 spiro atoms. The average molecular weight is 247 g/mol. The highest BCUT2D eigenvalue weighted by molar-refractivity contribution is 5.36. The fraction of sp³-hybridized carbons (Fsp3) is 0.333. The molecule has 0 radical (unpaired) electrons. The quantitative estimate of drug-likeness (QED) is 0.895. The number of benzene rings is 1. The molecule has 18 heavy (non-hydrogen) atoms. The smallest absolute Gasteiger partial charge is 0.126 e. The standard InChI is InChI=1S/C15H18FNO/c1-9-7-12(5-6-14(9)16)15(17-4)13-8-10(2)18-11(13)3/h5-8,15,17H,1-4H3. The van der Waals surface area contributed by atoms with Crippen LogP contribution in [0.25, 0.3) is 0 Å². The van der Waals surface area contributed by atoms with E-state index >= 15 is 0 Å². The largest absolute Gasteiger partial charge is 0.466 e. The number of hydrogen-bond acceptors (Lipinski definition) is 2. The maximum Gasteiger partial charge on any atom is 0.126 e. The number of furan rings is 1. The first kappa shape index (κ1) is 12.8. The minimum atomic E-state index is -0.173. The molecule has 0 fully saturated rings. The van der Waals surface area contributed by atoms with E-state index in [2.05, 4.69) is 5.32 Å². The molecule has 0 bridgehead atoms. The van der Waals surface area contributed by atoms with Crippen molar-refractivity contribution >= 4 is 0 Å². The molecular weight excluding hydrogens is 229 g/mol. The van der Waals surface area contributed by atoms with Gasteiger partial charge in [0, 0.05) is 5.56 Å². The van der Waals surface area contributed by atoms with Gasteiger partial charge < -0.3 is 9.73 Å². The summed E-state index contributed by atoms with van der Waals surface area (Å²) in [6.45, 7) is 5.65. The molecule has 0 aliphatic carbocycles. The van der Waals surface area contributed by atoms with Crippen molar-refractivity contribution in [2.75, 3.05) is 7.05 Å². The van der Waals surface area contributed by atoms with Crippen LogP contribution < -0.4 is 5.32 Å². The van der Waals surface area contributed by atoms with Crippen molar-refractivity contribution < 1.29 is 8.81 Å². The molecule has 2 rings (SSSR count). The van der Waals surface area contributed by atoms with E-state index in [1.54, 1.807) is 6.92 Å². The number of rotatable bonds is 3. The maximum atomic E-state index is 13.3. The summed E-state index contributed by atoms with van der Waals surface area (Å²) in [5, 5.41) is 3.25. The molecule has 2 nitrogen and oxygen atoms in total. The Hall–Kier alpha value is -1.61. The van der Waals surface area contributed by atoms with Crippen LogP contribution in [0.3, 0.4) is 0 Å². The Morgan fingerprint density at radius 1 is 1.17 bits per heavy atom. The molecule has 96 valence electrons. The number of aryl methyl sites for hydroxylation is 3. The lowest BCUT2D eigenvalue weighted by Gasteiger charge is -2.16. The Bertz CT molecular complexity index is 560. The fourth-order valence-electron chi connectivity index (χ4n) is 2.29. The second kappa shape index (κ2) is 4.94. The van der Waals surface area contributed by atoms with Crippen molar-refractivity contribution in [2.45, 2.75) is 26.8 Å². The highest BCUT2D eigenvalue weighted by atomic mass is 19.1. The van der Waals surface area contributed by atoms with Crippen LogP contribution in [0.15, 0.2) is 28.7 Å². The van der Waals surface area contributed by atoms with E-state index in [1.165, 1.54) is 6.07 Å². The predicted octanol–water partition coefficient (Wildman–Crippen LogP) is 3.65. The van der Waals surface area contributed by atoms with Crippen LogP contribution >= 0.6 is 0 Å². The molecule has 3 heteroatoms. The monoisotopic (exact) mass is 247 g/mol. The van der Waals surface area contributed by atoms with Crippen LogP contribution in [0.4, 0.5) is 4.39 Å². The van der Waals surface area contributed by atoms with Crippen LogP contribution in [0.5, 0.6) is 0 Å². The van der Waals surface area contributed by atoms with Gasteiger partial charge in [0.25, 0.3) is 0 Å². The van der Waals surface area contributed by atoms with E-state index in [0.29, 0.717) is 5.56 Å². The fourth-order valence-corrected chi connectivity index (χ4v) is 2.29. The van der Waals surface area contributed by atoms with Crippen LogP contribution in [-0.2, 0) is 0 Å². The van der Waals surface area contributed by atoms with Crippen LogP contribution in [0, 0.1) is 26.6 Å². The first-order valence-corrected chi connectivity index (χ1v) is 6.03. The summed E-state index contributed by atoms with van der Waals surface area (Å²) in [6, 6.07) is 7.25. The molecule has 1 aromatic carbocycles. The molecule has 0 aliphatic heterocycles. The van der Waals surface area contributed by atoms with Gasteiger partial charge in [-0.3, -0.25) is 0 Å². The Labute approximate surface area is 107 Å². The van der Waals surface area contributed by atoms with Gasteiger partial charge in [0.1, 0.15) is 17.3 Å². The SMILES string of the molecule is CNC(c1ccc(F)c(C)c1)c1cc(C)oc1C. The third-order valence-corrected chi connectivity index (χ3v) is 3.19. The first-order valence-electron chi connectivity index (χ1n) is 6.03. The van der Waals surface area contributed by atoms with Gasteiger partial charge in [0.2, 0.25) is 0 Å². The van der Waals surface area contributed by atoms with E-state index in [9.17, 15) is 4.39 Å². The predicted molar refractivity (Wildman–Crippen MR) is 70.2 cm³/mol. The van der Waals surface area contributed by atoms with Gasteiger partial charge in [0.15, 0.2) is 0 Å². The van der Waals surface area contributed by atoms with E-state index in [4.69, 9.17) is 4.42 Å². The van der Waals surface area contributed by atoms with E-state index < -0.39 is 0 Å². The van der Waals surface area contributed by atoms with Crippen molar-refractivity contribution in [1.82, 2.24) is 5.32 Å². The summed E-state index contributed by atoms with van der Waals surface area (Å²) in [7, 11) is 1.89. The lowest BCUT2D eigenvalue weighted by Crippen LogP contribution is -2.18. The second-order valence-electron chi connectivity index (χ2n) is 4.60. The van der Waals surface area contributed by atoms with Crippen LogP contribution in [-0.4, -0.2) is 7.05 Å². The summed E-state index contributed by atoms with van der Waals surface area (Å²) in [4.78, 5) is 0. The van der Waals surface area contributed by atoms with Gasteiger partial charge >= 0.3 is 0 Å². The normalized spacial score (nSPS) is 12.7. The topological polar surface area (TPSA) is 25.2 Å². The molecule has 1 unspecified atom stereocenters. The number of halogens is 1. The molecular formula is C15H18FNO. The van der Waals surface area contributed by atoms with Crippen molar-refractivity contribution in [3.63, 3.8) is 0 Å². The Morgan fingerprint density at radius 3 is 2.39 bits per heavy atom. The summed E-state index contributed by atoms with van der Waals surface area (Å²) >= 11 is 0. The van der Waals surface area contributed by atoms with E-state index in [1.807, 2.05) is 39.1 Å². The lowest BCUT2D eigenvalue weighted by molar-refractivity contribution is 0.497. The molecule has 1 aromatic heterocycles. The van der Waals surface area contributed by atoms with Gasteiger partial charge in [-0.2, -0.15) is 0 Å². The van der Waals surface area contributed by atoms with Gasteiger partial charge in [-0.25, -0.2) is 4.39 Å². The van der Waals surface area contributed by atoms with Crippen LogP contribution in [0.2, 0.25) is 0 Å². The lowest BCUT2D eigenvalue weighted by atomic mass is 9.97. The zero-order chi connectivity index (χ0) is 13.3. The molecule has 1 atom stereocenters. The molecule has 1 heterocycles. The summed E-state index contributed by atoms with van der Waals surface area (Å²) in [5.74, 6) is 1.61. The Balaban J connectivity index is 2.45. The van der Waals surface area contributed by atoms with Crippen molar-refractivity contribution in [3.05, 3.63) is 58.3 Å². The van der Waals surface area contributed by atoms with Gasteiger partial charge in [-0.15, -0.1) is 0 Å². The first-order chi connectivity index (χ1) is 8.52. The summed E-state index contributed by atoms with van der Waals surface area (Å²) in [5.41, 5.74) is 2.80. The molecule has 0 saturated heterocycles. The minimum absolute atomic E-state index is 0.0294. The molecule has 2 aromatic rings. The summed E-state index contributed by atoms with van der Waals surface area (Å²) in [6.07, 6.45) is 0. The number of hydrogen-bond donors (Lipinski definition) is 1. The van der Waals surface area contributed by atoms with E-state index in [-0.39, 0.29) is 11.9 Å². The van der Waals surface area contributed by atoms with Gasteiger partial charge in [-0.1, -0.05) is 12.1 Å². The van der Waals surface area contributed by atoms with Crippen molar-refractivity contribution in [2.24, 2.45) is 0 Å². The maximum absolute atomic E-state index is 13.3. The molecule has 1 N–H and O–H groups in total. The van der Waals surface area contributed by atoms with Crippen molar-refractivity contribution in [3.8, 4) is 0 Å². The second-order valence-corrected chi connectivity index (χ2v) is 4.60. The molecule has 0 aliphatic rings. The third-order valence-electron chi connectivity index (χ3n) is 3.19. The molecule has 0 amide bonds. The van der Waals surface area contributed by atoms with E-state index in [0.717, 1.165) is 22.6 Å².